The minimum Gasteiger partial charge on any atom is -0.460 e. The first-order chi connectivity index (χ1) is 6.63. The van der Waals surface area contributed by atoms with Crippen molar-refractivity contribution in [3.05, 3.63) is 17.5 Å². The van der Waals surface area contributed by atoms with Crippen molar-refractivity contribution in [2.24, 2.45) is 5.73 Å². The molecule has 4 nitrogen and oxygen atoms in total. The van der Waals surface area contributed by atoms with Crippen molar-refractivity contribution in [2.45, 2.75) is 38.8 Å². The molecule has 0 bridgehead atoms. The van der Waals surface area contributed by atoms with E-state index in [0.717, 1.165) is 24.2 Å². The van der Waals surface area contributed by atoms with Crippen LogP contribution in [0.5, 0.6) is 6.01 Å². The molecule has 2 rings (SSSR count). The van der Waals surface area contributed by atoms with Gasteiger partial charge < -0.3 is 10.5 Å². The molecule has 1 aromatic rings. The van der Waals surface area contributed by atoms with Crippen molar-refractivity contribution in [1.29, 1.82) is 0 Å². The first-order valence-corrected chi connectivity index (χ1v) is 4.88. The normalized spacial score (nSPS) is 25.6. The lowest BCUT2D eigenvalue weighted by atomic mass is 9.90. The second-order valence-electron chi connectivity index (χ2n) is 3.90. The number of aromatic nitrogens is 2. The van der Waals surface area contributed by atoms with E-state index < -0.39 is 0 Å². The molecule has 2 N–H and O–H groups in total. The first kappa shape index (κ1) is 9.40. The van der Waals surface area contributed by atoms with Gasteiger partial charge in [-0.25, -0.2) is 9.97 Å². The summed E-state index contributed by atoms with van der Waals surface area (Å²) in [5.74, 6) is 0. The predicted molar refractivity (Wildman–Crippen MR) is 53.1 cm³/mol. The van der Waals surface area contributed by atoms with Gasteiger partial charge in [0.15, 0.2) is 0 Å². The van der Waals surface area contributed by atoms with Gasteiger partial charge in [-0.05, 0) is 32.8 Å². The lowest BCUT2D eigenvalue weighted by molar-refractivity contribution is 0.0900. The largest absolute Gasteiger partial charge is 0.460 e. The van der Waals surface area contributed by atoms with Crippen molar-refractivity contribution >= 4 is 0 Å². The summed E-state index contributed by atoms with van der Waals surface area (Å²) in [7, 11) is 0. The fraction of sp³-hybridized carbons (Fsp3) is 0.600. The molecule has 0 amide bonds. The zero-order chi connectivity index (χ0) is 10.1. The van der Waals surface area contributed by atoms with E-state index in [1.165, 1.54) is 0 Å². The first-order valence-electron chi connectivity index (χ1n) is 4.88. The van der Waals surface area contributed by atoms with Gasteiger partial charge in [-0.1, -0.05) is 0 Å². The van der Waals surface area contributed by atoms with E-state index in [1.807, 2.05) is 19.9 Å². The van der Waals surface area contributed by atoms with Gasteiger partial charge in [0.1, 0.15) is 6.10 Å². The second-order valence-corrected chi connectivity index (χ2v) is 3.90. The van der Waals surface area contributed by atoms with E-state index in [0.29, 0.717) is 12.1 Å². The molecule has 0 unspecified atom stereocenters. The highest BCUT2D eigenvalue weighted by Gasteiger charge is 2.28. The van der Waals surface area contributed by atoms with Gasteiger partial charge in [0.2, 0.25) is 0 Å². The zero-order valence-electron chi connectivity index (χ0n) is 8.53. The Hall–Kier alpha value is -1.16. The molecule has 1 fully saturated rings. The lowest BCUT2D eigenvalue weighted by Crippen LogP contribution is -2.43. The van der Waals surface area contributed by atoms with Crippen molar-refractivity contribution in [3.63, 3.8) is 0 Å². The SMILES string of the molecule is Cc1cc(C)nc(OC2CC(N)C2)n1. The van der Waals surface area contributed by atoms with E-state index in [9.17, 15) is 0 Å². The Labute approximate surface area is 83.5 Å². The van der Waals surface area contributed by atoms with Crippen LogP contribution in [0.4, 0.5) is 0 Å². The Morgan fingerprint density at radius 3 is 2.36 bits per heavy atom. The molecule has 1 aromatic heterocycles. The molecule has 0 radical (unpaired) electrons. The summed E-state index contributed by atoms with van der Waals surface area (Å²) >= 11 is 0. The standard InChI is InChI=1S/C10H15N3O/c1-6-3-7(2)13-10(12-6)14-9-4-8(11)5-9/h3,8-9H,4-5,11H2,1-2H3. The van der Waals surface area contributed by atoms with E-state index >= 15 is 0 Å². The van der Waals surface area contributed by atoms with Crippen LogP contribution in [0, 0.1) is 13.8 Å². The molecule has 0 spiro atoms. The minimum atomic E-state index is 0.214. The highest BCUT2D eigenvalue weighted by molar-refractivity contribution is 5.11. The number of ether oxygens (including phenoxy) is 1. The van der Waals surface area contributed by atoms with E-state index in [1.54, 1.807) is 0 Å². The number of rotatable bonds is 2. The molecular weight excluding hydrogens is 178 g/mol. The van der Waals surface area contributed by atoms with Gasteiger partial charge in [0.25, 0.3) is 0 Å². The summed E-state index contributed by atoms with van der Waals surface area (Å²) in [4.78, 5) is 8.41. The molecule has 0 saturated heterocycles. The summed E-state index contributed by atoms with van der Waals surface area (Å²) in [6.45, 7) is 3.88. The summed E-state index contributed by atoms with van der Waals surface area (Å²) in [6.07, 6.45) is 2.04. The summed E-state index contributed by atoms with van der Waals surface area (Å²) in [5, 5.41) is 0. The molecule has 76 valence electrons. The average Bonchev–Trinajstić information content (AvgIpc) is 1.99. The Balaban J connectivity index is 2.02. The van der Waals surface area contributed by atoms with Crippen molar-refractivity contribution < 1.29 is 4.74 Å². The minimum absolute atomic E-state index is 0.214. The molecule has 4 heteroatoms. The van der Waals surface area contributed by atoms with Gasteiger partial charge in [0.05, 0.1) is 0 Å². The van der Waals surface area contributed by atoms with Crippen molar-refractivity contribution in [3.8, 4) is 6.01 Å². The molecule has 0 aliphatic heterocycles. The molecule has 0 aromatic carbocycles. The Bertz CT molecular complexity index is 314. The maximum atomic E-state index is 5.66. The number of aryl methyl sites for hydroxylation is 2. The molecule has 1 aliphatic carbocycles. The van der Waals surface area contributed by atoms with E-state index in [4.69, 9.17) is 10.5 Å². The number of hydrogen-bond acceptors (Lipinski definition) is 4. The van der Waals surface area contributed by atoms with Crippen LogP contribution >= 0.6 is 0 Å². The topological polar surface area (TPSA) is 61.0 Å². The van der Waals surface area contributed by atoms with Crippen LogP contribution in [0.25, 0.3) is 0 Å². The second kappa shape index (κ2) is 3.53. The maximum Gasteiger partial charge on any atom is 0.317 e. The number of nitrogens with two attached hydrogens (primary N) is 1. The third-order valence-electron chi connectivity index (χ3n) is 2.37. The summed E-state index contributed by atoms with van der Waals surface area (Å²) in [5.41, 5.74) is 7.54. The molecule has 14 heavy (non-hydrogen) atoms. The van der Waals surface area contributed by atoms with Crippen LogP contribution in [0.15, 0.2) is 6.07 Å². The highest BCUT2D eigenvalue weighted by Crippen LogP contribution is 2.22. The van der Waals surface area contributed by atoms with Crippen molar-refractivity contribution in [1.82, 2.24) is 9.97 Å². The molecule has 1 saturated carbocycles. The molecule has 0 atom stereocenters. The van der Waals surface area contributed by atoms with E-state index in [2.05, 4.69) is 9.97 Å². The summed E-state index contributed by atoms with van der Waals surface area (Å²) < 4.78 is 5.58. The van der Waals surface area contributed by atoms with Crippen LogP contribution in [-0.2, 0) is 0 Å². The van der Waals surface area contributed by atoms with Gasteiger partial charge in [-0.3, -0.25) is 0 Å². The van der Waals surface area contributed by atoms with Crippen LogP contribution < -0.4 is 10.5 Å². The quantitative estimate of drug-likeness (QED) is 0.760. The van der Waals surface area contributed by atoms with E-state index in [-0.39, 0.29) is 6.10 Å². The number of hydrogen-bond donors (Lipinski definition) is 1. The monoisotopic (exact) mass is 193 g/mol. The van der Waals surface area contributed by atoms with Crippen LogP contribution in [0.1, 0.15) is 24.2 Å². The van der Waals surface area contributed by atoms with Crippen LogP contribution in [0.2, 0.25) is 0 Å². The van der Waals surface area contributed by atoms with Crippen molar-refractivity contribution in [2.75, 3.05) is 0 Å². The highest BCUT2D eigenvalue weighted by atomic mass is 16.5. The third-order valence-corrected chi connectivity index (χ3v) is 2.37. The lowest BCUT2D eigenvalue weighted by Gasteiger charge is -2.31. The number of nitrogens with zero attached hydrogens (tertiary/aromatic N) is 2. The van der Waals surface area contributed by atoms with Gasteiger partial charge in [-0.2, -0.15) is 0 Å². The van der Waals surface area contributed by atoms with Gasteiger partial charge >= 0.3 is 6.01 Å². The smallest absolute Gasteiger partial charge is 0.317 e. The maximum absolute atomic E-state index is 5.66. The molecular formula is C10H15N3O. The van der Waals surface area contributed by atoms with Gasteiger partial charge in [-0.15, -0.1) is 0 Å². The fourth-order valence-electron chi connectivity index (χ4n) is 1.60. The van der Waals surface area contributed by atoms with Crippen LogP contribution in [-0.4, -0.2) is 22.1 Å². The fourth-order valence-corrected chi connectivity index (χ4v) is 1.60. The zero-order valence-corrected chi connectivity index (χ0v) is 8.53. The summed E-state index contributed by atoms with van der Waals surface area (Å²) in [6, 6.07) is 2.71. The Morgan fingerprint density at radius 1 is 1.29 bits per heavy atom. The Morgan fingerprint density at radius 2 is 1.86 bits per heavy atom. The van der Waals surface area contributed by atoms with Gasteiger partial charge in [0, 0.05) is 17.4 Å². The molecule has 1 heterocycles. The molecule has 1 aliphatic rings. The Kier molecular flexibility index (Phi) is 2.37. The average molecular weight is 193 g/mol. The predicted octanol–water partition coefficient (Wildman–Crippen LogP) is 0.962. The van der Waals surface area contributed by atoms with Crippen LogP contribution in [0.3, 0.4) is 0 Å². The third kappa shape index (κ3) is 2.01.